The third kappa shape index (κ3) is 3.14. The number of β-lactam (4-membered cyclic amide) rings is 1. The molecule has 3 heteroatoms. The van der Waals surface area contributed by atoms with Crippen LogP contribution in [-0.4, -0.2) is 17.4 Å². The van der Waals surface area contributed by atoms with Gasteiger partial charge in [0.25, 0.3) is 0 Å². The van der Waals surface area contributed by atoms with Gasteiger partial charge in [-0.1, -0.05) is 6.07 Å². The molecule has 0 bridgehead atoms. The highest BCUT2D eigenvalue weighted by molar-refractivity contribution is 5.81. The van der Waals surface area contributed by atoms with Crippen molar-refractivity contribution >= 4 is 5.91 Å². The van der Waals surface area contributed by atoms with Gasteiger partial charge in [-0.25, -0.2) is 0 Å². The highest BCUT2D eigenvalue weighted by Crippen LogP contribution is 1.88. The number of hydrogen-bond acceptors (Lipinski definition) is 2. The van der Waals surface area contributed by atoms with Crippen molar-refractivity contribution in [2.75, 3.05) is 6.54 Å². The van der Waals surface area contributed by atoms with Crippen LogP contribution in [0.25, 0.3) is 0 Å². The monoisotopic (exact) mass is 164 g/mol. The fourth-order valence-electron chi connectivity index (χ4n) is 0.675. The minimum absolute atomic E-state index is 0.185. The van der Waals surface area contributed by atoms with Gasteiger partial charge in [0, 0.05) is 25.4 Å². The molecule has 0 saturated carbocycles. The summed E-state index contributed by atoms with van der Waals surface area (Å²) in [7, 11) is 0. The molecule has 1 aliphatic rings. The van der Waals surface area contributed by atoms with Crippen molar-refractivity contribution in [1.82, 2.24) is 10.3 Å². The Bertz CT molecular complexity index is 240. The van der Waals surface area contributed by atoms with Crippen LogP contribution in [0.4, 0.5) is 0 Å². The molecule has 1 N–H and O–H groups in total. The number of nitrogens with one attached hydrogen (secondary N) is 1. The van der Waals surface area contributed by atoms with E-state index < -0.39 is 0 Å². The van der Waals surface area contributed by atoms with Gasteiger partial charge in [0.2, 0.25) is 5.91 Å². The highest BCUT2D eigenvalue weighted by atomic mass is 16.2. The van der Waals surface area contributed by atoms with Gasteiger partial charge in [-0.2, -0.15) is 0 Å². The zero-order valence-electron chi connectivity index (χ0n) is 7.08. The number of carbonyl (C=O) groups is 1. The summed E-state index contributed by atoms with van der Waals surface area (Å²) in [5, 5.41) is 2.57. The Morgan fingerprint density at radius 3 is 2.42 bits per heavy atom. The molecule has 1 aromatic heterocycles. The minimum Gasteiger partial charge on any atom is -0.356 e. The lowest BCUT2D eigenvalue weighted by atomic mass is 10.3. The first-order valence-electron chi connectivity index (χ1n) is 3.92. The van der Waals surface area contributed by atoms with Gasteiger partial charge in [0.1, 0.15) is 0 Å². The molecule has 0 atom stereocenters. The number of pyridine rings is 1. The molecule has 1 aromatic rings. The zero-order valence-corrected chi connectivity index (χ0v) is 7.08. The average Bonchev–Trinajstić information content (AvgIpc) is 2.04. The Balaban J connectivity index is 0.000000127. The SMILES string of the molecule is Cc1cccnc1.O=C1CCN1. The molecule has 0 radical (unpaired) electrons. The van der Waals surface area contributed by atoms with E-state index in [9.17, 15) is 4.79 Å². The smallest absolute Gasteiger partial charge is 0.221 e. The van der Waals surface area contributed by atoms with Crippen molar-refractivity contribution in [2.45, 2.75) is 13.3 Å². The summed E-state index contributed by atoms with van der Waals surface area (Å²) in [5.41, 5.74) is 1.21. The number of nitrogens with zero attached hydrogens (tertiary/aromatic N) is 1. The molecule has 1 fully saturated rings. The Labute approximate surface area is 71.8 Å². The second-order valence-corrected chi connectivity index (χ2v) is 2.63. The summed E-state index contributed by atoms with van der Waals surface area (Å²) in [6.45, 7) is 2.91. The van der Waals surface area contributed by atoms with E-state index in [1.807, 2.05) is 25.3 Å². The molecule has 2 rings (SSSR count). The highest BCUT2D eigenvalue weighted by Gasteiger charge is 2.07. The van der Waals surface area contributed by atoms with E-state index in [-0.39, 0.29) is 5.91 Å². The van der Waals surface area contributed by atoms with Gasteiger partial charge in [-0.05, 0) is 18.6 Å². The molecular weight excluding hydrogens is 152 g/mol. The van der Waals surface area contributed by atoms with Gasteiger partial charge < -0.3 is 5.32 Å². The minimum atomic E-state index is 0.185. The molecular formula is C9H12N2O. The van der Waals surface area contributed by atoms with Gasteiger partial charge in [0.05, 0.1) is 0 Å². The van der Waals surface area contributed by atoms with Crippen molar-refractivity contribution in [2.24, 2.45) is 0 Å². The lowest BCUT2D eigenvalue weighted by Crippen LogP contribution is -2.37. The number of hydrogen-bond donors (Lipinski definition) is 1. The van der Waals surface area contributed by atoms with Gasteiger partial charge >= 0.3 is 0 Å². The van der Waals surface area contributed by atoms with E-state index in [2.05, 4.69) is 10.3 Å². The largest absolute Gasteiger partial charge is 0.356 e. The summed E-state index contributed by atoms with van der Waals surface area (Å²) >= 11 is 0. The molecule has 1 saturated heterocycles. The lowest BCUT2D eigenvalue weighted by molar-refractivity contribution is -0.125. The van der Waals surface area contributed by atoms with E-state index in [0.29, 0.717) is 0 Å². The lowest BCUT2D eigenvalue weighted by Gasteiger charge is -2.10. The molecule has 1 amide bonds. The molecule has 1 aliphatic heterocycles. The van der Waals surface area contributed by atoms with Crippen LogP contribution in [0, 0.1) is 6.92 Å². The fourth-order valence-corrected chi connectivity index (χ4v) is 0.675. The topological polar surface area (TPSA) is 42.0 Å². The zero-order chi connectivity index (χ0) is 8.81. The third-order valence-electron chi connectivity index (χ3n) is 1.48. The molecule has 2 heterocycles. The Kier molecular flexibility index (Phi) is 3.26. The van der Waals surface area contributed by atoms with Crippen LogP contribution in [0.5, 0.6) is 0 Å². The first-order chi connectivity index (χ1) is 5.79. The quantitative estimate of drug-likeness (QED) is 0.579. The molecule has 64 valence electrons. The van der Waals surface area contributed by atoms with Crippen LogP contribution >= 0.6 is 0 Å². The predicted molar refractivity (Wildman–Crippen MR) is 46.6 cm³/mol. The molecule has 0 aliphatic carbocycles. The third-order valence-corrected chi connectivity index (χ3v) is 1.48. The standard InChI is InChI=1S/C6H7N.C3H5NO/c1-6-3-2-4-7-5-6;5-3-1-2-4-3/h2-5H,1H3;1-2H2,(H,4,5). The number of rotatable bonds is 0. The first-order valence-corrected chi connectivity index (χ1v) is 3.92. The van der Waals surface area contributed by atoms with E-state index in [1.165, 1.54) is 5.56 Å². The molecule has 12 heavy (non-hydrogen) atoms. The number of amides is 1. The summed E-state index contributed by atoms with van der Waals surface area (Å²) in [6, 6.07) is 3.95. The molecule has 0 aromatic carbocycles. The van der Waals surface area contributed by atoms with Crippen molar-refractivity contribution in [1.29, 1.82) is 0 Å². The summed E-state index contributed by atoms with van der Waals surface area (Å²) < 4.78 is 0. The Morgan fingerprint density at radius 2 is 2.25 bits per heavy atom. The Hall–Kier alpha value is -1.38. The maximum absolute atomic E-state index is 9.79. The maximum atomic E-state index is 9.79. The predicted octanol–water partition coefficient (Wildman–Crippen LogP) is 0.896. The number of aromatic nitrogens is 1. The van der Waals surface area contributed by atoms with Crippen LogP contribution < -0.4 is 5.32 Å². The van der Waals surface area contributed by atoms with Crippen molar-refractivity contribution in [3.8, 4) is 0 Å². The summed E-state index contributed by atoms with van der Waals surface area (Å²) in [6.07, 6.45) is 4.34. The van der Waals surface area contributed by atoms with Crippen molar-refractivity contribution in [3.05, 3.63) is 30.1 Å². The first kappa shape index (κ1) is 8.71. The van der Waals surface area contributed by atoms with Gasteiger partial charge in [0.15, 0.2) is 0 Å². The van der Waals surface area contributed by atoms with Crippen LogP contribution in [0.1, 0.15) is 12.0 Å². The fraction of sp³-hybridized carbons (Fsp3) is 0.333. The van der Waals surface area contributed by atoms with Crippen LogP contribution in [-0.2, 0) is 4.79 Å². The van der Waals surface area contributed by atoms with E-state index in [4.69, 9.17) is 0 Å². The molecule has 0 spiro atoms. The van der Waals surface area contributed by atoms with E-state index in [0.717, 1.165) is 13.0 Å². The average molecular weight is 164 g/mol. The van der Waals surface area contributed by atoms with E-state index in [1.54, 1.807) is 6.20 Å². The van der Waals surface area contributed by atoms with Crippen molar-refractivity contribution in [3.63, 3.8) is 0 Å². The van der Waals surface area contributed by atoms with Gasteiger partial charge in [-0.3, -0.25) is 9.78 Å². The summed E-state index contributed by atoms with van der Waals surface area (Å²) in [5.74, 6) is 0.185. The number of carbonyl (C=O) groups excluding carboxylic acids is 1. The second-order valence-electron chi connectivity index (χ2n) is 2.63. The van der Waals surface area contributed by atoms with Crippen LogP contribution in [0.3, 0.4) is 0 Å². The Morgan fingerprint density at radius 1 is 1.58 bits per heavy atom. The van der Waals surface area contributed by atoms with Crippen molar-refractivity contribution < 1.29 is 4.79 Å². The summed E-state index contributed by atoms with van der Waals surface area (Å²) in [4.78, 5) is 13.7. The van der Waals surface area contributed by atoms with Gasteiger partial charge in [-0.15, -0.1) is 0 Å². The maximum Gasteiger partial charge on any atom is 0.221 e. The molecule has 0 unspecified atom stereocenters. The normalized spacial score (nSPS) is 13.6. The van der Waals surface area contributed by atoms with Crippen LogP contribution in [0.15, 0.2) is 24.5 Å². The molecule has 3 nitrogen and oxygen atoms in total. The number of aryl methyl sites for hydroxylation is 1. The second kappa shape index (κ2) is 4.49. The van der Waals surface area contributed by atoms with Crippen LogP contribution in [0.2, 0.25) is 0 Å². The van der Waals surface area contributed by atoms with E-state index >= 15 is 0 Å².